The summed E-state index contributed by atoms with van der Waals surface area (Å²) in [6, 6.07) is 7.63. The number of carbonyl (C=O) groups is 2. The second-order valence-electron chi connectivity index (χ2n) is 5.85. The number of rotatable bonds is 7. The zero-order valence-corrected chi connectivity index (χ0v) is 14.8. The van der Waals surface area contributed by atoms with Crippen molar-refractivity contribution < 1.29 is 18.0 Å². The Morgan fingerprint density at radius 2 is 2.00 bits per heavy atom. The van der Waals surface area contributed by atoms with E-state index in [0.717, 1.165) is 17.0 Å². The van der Waals surface area contributed by atoms with E-state index in [-0.39, 0.29) is 5.91 Å². The van der Waals surface area contributed by atoms with E-state index in [2.05, 4.69) is 5.32 Å². The molecule has 0 radical (unpaired) electrons. The van der Waals surface area contributed by atoms with Crippen molar-refractivity contribution in [1.82, 2.24) is 10.2 Å². The molecule has 0 aliphatic carbocycles. The van der Waals surface area contributed by atoms with E-state index in [9.17, 15) is 18.0 Å². The molecule has 2 rings (SSSR count). The van der Waals surface area contributed by atoms with E-state index < -0.39 is 22.0 Å². The van der Waals surface area contributed by atoms with Gasteiger partial charge in [0.05, 0.1) is 11.9 Å². The minimum atomic E-state index is -3.60. The number of likely N-dealkylation sites (tertiary alicyclic amines) is 1. The number of para-hydroxylation sites is 1. The summed E-state index contributed by atoms with van der Waals surface area (Å²) in [6.45, 7) is 3.01. The molecule has 1 aromatic carbocycles. The zero-order valence-electron chi connectivity index (χ0n) is 13.9. The quantitative estimate of drug-likeness (QED) is 0.777. The number of nitrogens with one attached hydrogen (secondary N) is 1. The first-order chi connectivity index (χ1) is 11.3. The van der Waals surface area contributed by atoms with Gasteiger partial charge in [0.2, 0.25) is 21.8 Å². The third-order valence-corrected chi connectivity index (χ3v) is 5.19. The van der Waals surface area contributed by atoms with Crippen molar-refractivity contribution in [2.75, 3.05) is 30.2 Å². The van der Waals surface area contributed by atoms with Crippen molar-refractivity contribution in [3.8, 4) is 0 Å². The van der Waals surface area contributed by atoms with Gasteiger partial charge in [-0.3, -0.25) is 13.9 Å². The van der Waals surface area contributed by atoms with Crippen LogP contribution in [0.2, 0.25) is 0 Å². The summed E-state index contributed by atoms with van der Waals surface area (Å²) in [5, 5.41) is 2.71. The number of hydrogen-bond acceptors (Lipinski definition) is 4. The molecule has 132 valence electrons. The lowest BCUT2D eigenvalue weighted by molar-refractivity contribution is -0.128. The molecule has 7 nitrogen and oxygen atoms in total. The highest BCUT2D eigenvalue weighted by Crippen LogP contribution is 2.20. The molecule has 1 aromatic rings. The summed E-state index contributed by atoms with van der Waals surface area (Å²) in [4.78, 5) is 25.6. The molecule has 2 amide bonds. The molecule has 8 heteroatoms. The van der Waals surface area contributed by atoms with E-state index in [1.807, 2.05) is 0 Å². The van der Waals surface area contributed by atoms with Gasteiger partial charge in [0, 0.05) is 26.1 Å². The lowest BCUT2D eigenvalue weighted by Gasteiger charge is -2.28. The van der Waals surface area contributed by atoms with Gasteiger partial charge in [0.1, 0.15) is 6.04 Å². The average Bonchev–Trinajstić information content (AvgIpc) is 2.92. The Labute approximate surface area is 142 Å². The van der Waals surface area contributed by atoms with E-state index >= 15 is 0 Å². The van der Waals surface area contributed by atoms with Crippen LogP contribution in [0.25, 0.3) is 0 Å². The zero-order chi connectivity index (χ0) is 17.7. The maximum absolute atomic E-state index is 12.3. The van der Waals surface area contributed by atoms with Crippen LogP contribution in [-0.4, -0.2) is 57.1 Å². The van der Waals surface area contributed by atoms with E-state index in [1.54, 1.807) is 42.2 Å². The highest BCUT2D eigenvalue weighted by Gasteiger charge is 2.29. The first-order valence-electron chi connectivity index (χ1n) is 7.90. The molecule has 1 aliphatic rings. The van der Waals surface area contributed by atoms with Gasteiger partial charge >= 0.3 is 0 Å². The van der Waals surface area contributed by atoms with E-state index in [1.165, 1.54) is 0 Å². The number of hydrogen-bond donors (Lipinski definition) is 1. The van der Waals surface area contributed by atoms with Crippen molar-refractivity contribution >= 4 is 27.5 Å². The number of nitrogens with zero attached hydrogens (tertiary/aromatic N) is 2. The van der Waals surface area contributed by atoms with Crippen LogP contribution in [-0.2, 0) is 19.6 Å². The number of carbonyl (C=O) groups excluding carboxylic acids is 2. The first kappa shape index (κ1) is 18.3. The predicted molar refractivity (Wildman–Crippen MR) is 92.1 cm³/mol. The van der Waals surface area contributed by atoms with Gasteiger partial charge in [-0.2, -0.15) is 0 Å². The molecule has 24 heavy (non-hydrogen) atoms. The number of sulfonamides is 1. The molecule has 0 saturated carbocycles. The summed E-state index contributed by atoms with van der Waals surface area (Å²) in [5.41, 5.74) is 0.442. The summed E-state index contributed by atoms with van der Waals surface area (Å²) < 4.78 is 25.3. The van der Waals surface area contributed by atoms with Gasteiger partial charge < -0.3 is 10.2 Å². The molecule has 1 unspecified atom stereocenters. The second-order valence-corrected chi connectivity index (χ2v) is 7.71. The largest absolute Gasteiger partial charge is 0.353 e. The van der Waals surface area contributed by atoms with Gasteiger partial charge in [0.15, 0.2) is 0 Å². The van der Waals surface area contributed by atoms with Gasteiger partial charge in [-0.25, -0.2) is 8.42 Å². The normalized spacial score (nSPS) is 16.1. The Bertz CT molecular complexity index is 691. The fourth-order valence-electron chi connectivity index (χ4n) is 2.79. The van der Waals surface area contributed by atoms with Crippen LogP contribution in [0.15, 0.2) is 30.3 Å². The van der Waals surface area contributed by atoms with Crippen LogP contribution in [0.5, 0.6) is 0 Å². The van der Waals surface area contributed by atoms with Crippen molar-refractivity contribution in [1.29, 1.82) is 0 Å². The number of amides is 2. The molecule has 1 fully saturated rings. The minimum absolute atomic E-state index is 0.0966. The molecule has 1 saturated heterocycles. The molecular weight excluding hydrogens is 330 g/mol. The fraction of sp³-hybridized carbons (Fsp3) is 0.500. The highest BCUT2D eigenvalue weighted by molar-refractivity contribution is 7.92. The smallest absolute Gasteiger partial charge is 0.243 e. The Kier molecular flexibility index (Phi) is 5.82. The third kappa shape index (κ3) is 4.47. The third-order valence-electron chi connectivity index (χ3n) is 3.95. The molecule has 1 N–H and O–H groups in total. The summed E-state index contributed by atoms with van der Waals surface area (Å²) in [5.74, 6) is -0.296. The van der Waals surface area contributed by atoms with E-state index in [4.69, 9.17) is 0 Å². The van der Waals surface area contributed by atoms with Crippen molar-refractivity contribution in [3.63, 3.8) is 0 Å². The van der Waals surface area contributed by atoms with Crippen molar-refractivity contribution in [3.05, 3.63) is 30.3 Å². The Morgan fingerprint density at radius 1 is 1.33 bits per heavy atom. The van der Waals surface area contributed by atoms with Gasteiger partial charge in [-0.15, -0.1) is 0 Å². The molecule has 1 aliphatic heterocycles. The molecule has 1 heterocycles. The van der Waals surface area contributed by atoms with Crippen molar-refractivity contribution in [2.24, 2.45) is 0 Å². The van der Waals surface area contributed by atoms with Crippen LogP contribution in [0.1, 0.15) is 19.8 Å². The molecule has 0 aromatic heterocycles. The van der Waals surface area contributed by atoms with Crippen LogP contribution >= 0.6 is 0 Å². The summed E-state index contributed by atoms with van der Waals surface area (Å²) in [7, 11) is -3.60. The molecular formula is C16H23N3O4S. The minimum Gasteiger partial charge on any atom is -0.353 e. The topological polar surface area (TPSA) is 86.8 Å². The predicted octanol–water partition coefficient (Wildman–Crippen LogP) is 0.580. The van der Waals surface area contributed by atoms with Gasteiger partial charge in [-0.1, -0.05) is 18.2 Å². The molecule has 0 bridgehead atoms. The van der Waals surface area contributed by atoms with Crippen LogP contribution in [0.4, 0.5) is 5.69 Å². The van der Waals surface area contributed by atoms with Crippen LogP contribution in [0, 0.1) is 0 Å². The monoisotopic (exact) mass is 353 g/mol. The number of benzene rings is 1. The Hall–Kier alpha value is -2.09. The van der Waals surface area contributed by atoms with Crippen LogP contribution in [0.3, 0.4) is 0 Å². The van der Waals surface area contributed by atoms with Gasteiger partial charge in [-0.05, 0) is 25.5 Å². The highest BCUT2D eigenvalue weighted by atomic mass is 32.2. The number of anilines is 1. The average molecular weight is 353 g/mol. The molecule has 1 atom stereocenters. The lowest BCUT2D eigenvalue weighted by atomic mass is 10.2. The Morgan fingerprint density at radius 3 is 2.54 bits per heavy atom. The summed E-state index contributed by atoms with van der Waals surface area (Å²) >= 11 is 0. The maximum Gasteiger partial charge on any atom is 0.243 e. The Balaban J connectivity index is 2.00. The second kappa shape index (κ2) is 7.65. The molecule has 0 spiro atoms. The van der Waals surface area contributed by atoms with Gasteiger partial charge in [0.25, 0.3) is 0 Å². The SMILES string of the molecule is CC(C(=O)NCCN1CCCC1=O)N(c1ccccc1)S(C)(=O)=O. The first-order valence-corrected chi connectivity index (χ1v) is 9.75. The van der Waals surface area contributed by atoms with Crippen molar-refractivity contribution in [2.45, 2.75) is 25.8 Å². The fourth-order valence-corrected chi connectivity index (χ4v) is 3.96. The van der Waals surface area contributed by atoms with Crippen LogP contribution < -0.4 is 9.62 Å². The lowest BCUT2D eigenvalue weighted by Crippen LogP contribution is -2.49. The summed E-state index contributed by atoms with van der Waals surface area (Å²) in [6.07, 6.45) is 2.48. The van der Waals surface area contributed by atoms with E-state index in [0.29, 0.717) is 31.7 Å². The maximum atomic E-state index is 12.3. The standard InChI is InChI=1S/C16H23N3O4S/c1-13(16(21)17-10-12-18-11-6-9-15(18)20)19(24(2,22)23)14-7-4-3-5-8-14/h3-5,7-8,13H,6,9-12H2,1-2H3,(H,17,21).